The fourth-order valence-corrected chi connectivity index (χ4v) is 2.90. The van der Waals surface area contributed by atoms with Gasteiger partial charge in [0.25, 0.3) is 5.92 Å². The van der Waals surface area contributed by atoms with Gasteiger partial charge in [0, 0.05) is 23.6 Å². The van der Waals surface area contributed by atoms with Crippen molar-refractivity contribution < 1.29 is 31.4 Å². The highest BCUT2D eigenvalue weighted by atomic mass is 35.5. The summed E-state index contributed by atoms with van der Waals surface area (Å²) in [5.41, 5.74) is -2.76. The molecule has 1 aliphatic heterocycles. The number of benzene rings is 1. The average molecular weight is 371 g/mol. The minimum Gasteiger partial charge on any atom is -0.380 e. The highest BCUT2D eigenvalue weighted by Gasteiger charge is 2.51. The van der Waals surface area contributed by atoms with Crippen LogP contribution in [0, 0.1) is 5.82 Å². The zero-order chi connectivity index (χ0) is 17.9. The van der Waals surface area contributed by atoms with Gasteiger partial charge in [0.2, 0.25) is 0 Å². The lowest BCUT2D eigenvalue weighted by Crippen LogP contribution is -2.36. The van der Waals surface area contributed by atoms with Gasteiger partial charge in [-0.2, -0.15) is 13.2 Å². The van der Waals surface area contributed by atoms with E-state index in [1.807, 2.05) is 0 Å². The summed E-state index contributed by atoms with van der Waals surface area (Å²) in [6.07, 6.45) is -8.58. The molecule has 2 aromatic rings. The molecule has 1 aromatic heterocycles. The van der Waals surface area contributed by atoms with Crippen LogP contribution in [-0.2, 0) is 12.7 Å². The number of aliphatic hydroxyl groups excluding tert-OH is 1. The van der Waals surface area contributed by atoms with E-state index in [0.717, 1.165) is 16.7 Å². The Morgan fingerprint density at radius 2 is 1.92 bits per heavy atom. The maximum Gasteiger partial charge on any atom is 0.435 e. The molecule has 3 nitrogen and oxygen atoms in total. The third kappa shape index (κ3) is 2.75. The van der Waals surface area contributed by atoms with Crippen molar-refractivity contribution in [2.75, 3.05) is 0 Å². The smallest absolute Gasteiger partial charge is 0.380 e. The Labute approximate surface area is 136 Å². The van der Waals surface area contributed by atoms with Crippen LogP contribution in [0.25, 0.3) is 11.4 Å². The first-order chi connectivity index (χ1) is 11.0. The average Bonchev–Trinajstić information content (AvgIpc) is 2.82. The Morgan fingerprint density at radius 3 is 2.50 bits per heavy atom. The van der Waals surface area contributed by atoms with E-state index in [0.29, 0.717) is 0 Å². The number of nitrogens with zero attached hydrogens (tertiary/aromatic N) is 2. The molecule has 130 valence electrons. The molecule has 1 N–H and O–H groups in total. The van der Waals surface area contributed by atoms with E-state index in [1.54, 1.807) is 0 Å². The van der Waals surface area contributed by atoms with E-state index < -0.39 is 48.4 Å². The van der Waals surface area contributed by atoms with Crippen molar-refractivity contribution in [1.29, 1.82) is 0 Å². The summed E-state index contributed by atoms with van der Waals surface area (Å²) >= 11 is 5.69. The fourth-order valence-electron chi connectivity index (χ4n) is 2.68. The van der Waals surface area contributed by atoms with Crippen molar-refractivity contribution in [3.05, 3.63) is 40.4 Å². The molecule has 0 spiro atoms. The van der Waals surface area contributed by atoms with Crippen LogP contribution in [-0.4, -0.2) is 20.6 Å². The van der Waals surface area contributed by atoms with Gasteiger partial charge in [0.1, 0.15) is 11.6 Å². The summed E-state index contributed by atoms with van der Waals surface area (Å²) in [6, 6.07) is 3.00. The van der Waals surface area contributed by atoms with Gasteiger partial charge in [-0.3, -0.25) is 0 Å². The largest absolute Gasteiger partial charge is 0.435 e. The molecule has 0 amide bonds. The quantitative estimate of drug-likeness (QED) is 0.754. The van der Waals surface area contributed by atoms with Crippen LogP contribution in [0.15, 0.2) is 18.2 Å². The SMILES string of the molecule is OC1c2c(C(F)(F)F)nc(-c3cc(F)cc(Cl)c3)n2CCC1(F)F. The predicted molar refractivity (Wildman–Crippen MR) is 72.2 cm³/mol. The molecule has 10 heteroatoms. The molecule has 1 aromatic carbocycles. The Hall–Kier alpha value is -1.74. The van der Waals surface area contributed by atoms with Gasteiger partial charge in [-0.1, -0.05) is 11.6 Å². The summed E-state index contributed by atoms with van der Waals surface area (Å²) in [5, 5.41) is 9.61. The highest BCUT2D eigenvalue weighted by molar-refractivity contribution is 6.30. The predicted octanol–water partition coefficient (Wildman–Crippen LogP) is 4.43. The van der Waals surface area contributed by atoms with Crippen LogP contribution in [0.3, 0.4) is 0 Å². The Kier molecular flexibility index (Phi) is 3.83. The third-order valence-electron chi connectivity index (χ3n) is 3.72. The van der Waals surface area contributed by atoms with Gasteiger partial charge in [0.05, 0.1) is 5.69 Å². The van der Waals surface area contributed by atoms with E-state index >= 15 is 0 Å². The normalized spacial score (nSPS) is 20.1. The lowest BCUT2D eigenvalue weighted by Gasteiger charge is -2.30. The number of hydrogen-bond acceptors (Lipinski definition) is 2. The molecular weight excluding hydrogens is 362 g/mol. The van der Waals surface area contributed by atoms with Crippen LogP contribution in [0.2, 0.25) is 5.02 Å². The lowest BCUT2D eigenvalue weighted by atomic mass is 10.00. The number of fused-ring (bicyclic) bond motifs is 1. The fraction of sp³-hybridized carbons (Fsp3) is 0.357. The van der Waals surface area contributed by atoms with E-state index in [4.69, 9.17) is 11.6 Å². The molecule has 3 rings (SSSR count). The molecule has 0 saturated carbocycles. The van der Waals surface area contributed by atoms with Crippen molar-refractivity contribution in [3.8, 4) is 11.4 Å². The van der Waals surface area contributed by atoms with Crippen LogP contribution in [0.1, 0.15) is 23.9 Å². The van der Waals surface area contributed by atoms with E-state index in [1.165, 1.54) is 6.07 Å². The van der Waals surface area contributed by atoms with E-state index in [2.05, 4.69) is 4.98 Å². The topological polar surface area (TPSA) is 38.1 Å². The third-order valence-corrected chi connectivity index (χ3v) is 3.94. The number of rotatable bonds is 1. The minimum absolute atomic E-state index is 0.0856. The summed E-state index contributed by atoms with van der Waals surface area (Å²) in [4.78, 5) is 3.35. The Morgan fingerprint density at radius 1 is 1.25 bits per heavy atom. The summed E-state index contributed by atoms with van der Waals surface area (Å²) in [7, 11) is 0. The first-order valence-corrected chi connectivity index (χ1v) is 7.08. The summed E-state index contributed by atoms with van der Waals surface area (Å²) < 4.78 is 81.1. The van der Waals surface area contributed by atoms with Gasteiger partial charge in [-0.15, -0.1) is 0 Å². The lowest BCUT2D eigenvalue weighted by molar-refractivity contribution is -0.154. The van der Waals surface area contributed by atoms with Crippen LogP contribution < -0.4 is 0 Å². The molecule has 1 atom stereocenters. The van der Waals surface area contributed by atoms with Crippen LogP contribution >= 0.6 is 11.6 Å². The monoisotopic (exact) mass is 370 g/mol. The van der Waals surface area contributed by atoms with Crippen molar-refractivity contribution in [1.82, 2.24) is 9.55 Å². The number of halogens is 7. The van der Waals surface area contributed by atoms with E-state index in [9.17, 15) is 31.4 Å². The molecule has 2 heterocycles. The van der Waals surface area contributed by atoms with Crippen molar-refractivity contribution in [3.63, 3.8) is 0 Å². The Balaban J connectivity index is 2.27. The molecule has 1 aliphatic rings. The standard InChI is InChI=1S/C14H9ClF6N2O/c15-7-3-6(4-8(16)5-7)12-22-10(14(19,20)21)9-11(24)13(17,18)1-2-23(9)12/h3-5,11,24H,1-2H2. The number of hydrogen-bond donors (Lipinski definition) is 1. The second-order valence-electron chi connectivity index (χ2n) is 5.39. The van der Waals surface area contributed by atoms with Gasteiger partial charge in [-0.05, 0) is 18.2 Å². The first kappa shape index (κ1) is 17.1. The van der Waals surface area contributed by atoms with Gasteiger partial charge >= 0.3 is 6.18 Å². The first-order valence-electron chi connectivity index (χ1n) is 6.70. The van der Waals surface area contributed by atoms with Gasteiger partial charge in [0.15, 0.2) is 11.8 Å². The zero-order valence-electron chi connectivity index (χ0n) is 11.7. The van der Waals surface area contributed by atoms with Crippen molar-refractivity contribution in [2.45, 2.75) is 31.2 Å². The second-order valence-corrected chi connectivity index (χ2v) is 5.83. The van der Waals surface area contributed by atoms with E-state index in [-0.39, 0.29) is 16.4 Å². The molecule has 0 bridgehead atoms. The molecule has 1 unspecified atom stereocenters. The maximum absolute atomic E-state index is 13.6. The van der Waals surface area contributed by atoms with Gasteiger partial charge in [-0.25, -0.2) is 18.2 Å². The second kappa shape index (κ2) is 5.38. The molecule has 0 radical (unpaired) electrons. The number of imidazole rings is 1. The molecule has 24 heavy (non-hydrogen) atoms. The number of alkyl halides is 5. The Bertz CT molecular complexity index is 781. The summed E-state index contributed by atoms with van der Waals surface area (Å²) in [6.45, 7) is -0.508. The van der Waals surface area contributed by atoms with Crippen molar-refractivity contribution in [2.24, 2.45) is 0 Å². The van der Waals surface area contributed by atoms with Crippen LogP contribution in [0.4, 0.5) is 26.3 Å². The van der Waals surface area contributed by atoms with Crippen LogP contribution in [0.5, 0.6) is 0 Å². The zero-order valence-corrected chi connectivity index (χ0v) is 12.5. The number of aromatic nitrogens is 2. The molecule has 0 fully saturated rings. The maximum atomic E-state index is 13.6. The molecule has 0 saturated heterocycles. The minimum atomic E-state index is -5.05. The molecular formula is C14H9ClF6N2O. The molecule has 0 aliphatic carbocycles. The summed E-state index contributed by atoms with van der Waals surface area (Å²) in [5.74, 6) is -4.91. The van der Waals surface area contributed by atoms with Crippen molar-refractivity contribution >= 4 is 11.6 Å². The van der Waals surface area contributed by atoms with Gasteiger partial charge < -0.3 is 9.67 Å². The number of aliphatic hydroxyl groups is 1. The highest BCUT2D eigenvalue weighted by Crippen LogP contribution is 2.46.